The van der Waals surface area contributed by atoms with Gasteiger partial charge in [0, 0.05) is 43.9 Å². The minimum atomic E-state index is 0.0467. The third kappa shape index (κ3) is 3.75. The molecule has 3 atom stereocenters. The molecule has 1 saturated carbocycles. The fourth-order valence-electron chi connectivity index (χ4n) is 3.63. The van der Waals surface area contributed by atoms with E-state index in [4.69, 9.17) is 9.73 Å². The molecular weight excluding hydrogens is 326 g/mol. The molecule has 4 rings (SSSR count). The lowest BCUT2D eigenvalue weighted by Crippen LogP contribution is -2.49. The Morgan fingerprint density at radius 1 is 1.31 bits per heavy atom. The summed E-state index contributed by atoms with van der Waals surface area (Å²) in [4.78, 5) is 7.07. The molecule has 26 heavy (non-hydrogen) atoms. The smallest absolute Gasteiger partial charge is 0.194 e. The van der Waals surface area contributed by atoms with Gasteiger partial charge in [-0.2, -0.15) is 5.10 Å². The third-order valence-electron chi connectivity index (χ3n) is 5.10. The minimum absolute atomic E-state index is 0.0467. The fourth-order valence-corrected chi connectivity index (χ4v) is 3.63. The van der Waals surface area contributed by atoms with E-state index < -0.39 is 0 Å². The van der Waals surface area contributed by atoms with Crippen LogP contribution in [0.1, 0.15) is 36.5 Å². The Bertz CT molecular complexity index is 757. The van der Waals surface area contributed by atoms with Gasteiger partial charge < -0.3 is 15.0 Å². The van der Waals surface area contributed by atoms with Crippen LogP contribution in [0.15, 0.2) is 47.7 Å². The van der Waals surface area contributed by atoms with Crippen LogP contribution in [0.2, 0.25) is 0 Å². The summed E-state index contributed by atoms with van der Waals surface area (Å²) in [5.74, 6) is 1.60. The van der Waals surface area contributed by atoms with E-state index in [0.717, 1.165) is 31.2 Å². The van der Waals surface area contributed by atoms with Crippen LogP contribution in [-0.2, 0) is 11.8 Å². The average Bonchev–Trinajstić information content (AvgIpc) is 3.31. The van der Waals surface area contributed by atoms with Crippen molar-refractivity contribution in [2.24, 2.45) is 12.0 Å². The van der Waals surface area contributed by atoms with Crippen molar-refractivity contribution in [3.05, 3.63) is 53.9 Å². The van der Waals surface area contributed by atoms with Crippen LogP contribution in [-0.4, -0.2) is 52.9 Å². The van der Waals surface area contributed by atoms with Crippen molar-refractivity contribution < 1.29 is 4.74 Å². The van der Waals surface area contributed by atoms with E-state index in [1.54, 1.807) is 0 Å². The molecule has 2 aliphatic rings. The zero-order valence-electron chi connectivity index (χ0n) is 15.5. The van der Waals surface area contributed by atoms with Crippen molar-refractivity contribution in [2.75, 3.05) is 26.2 Å². The Hall–Kier alpha value is -2.34. The van der Waals surface area contributed by atoms with Gasteiger partial charge in [-0.1, -0.05) is 30.3 Å². The molecule has 1 aliphatic heterocycles. The number of nitrogens with zero attached hydrogens (tertiary/aromatic N) is 4. The second-order valence-electron chi connectivity index (χ2n) is 7.05. The number of guanidine groups is 1. The van der Waals surface area contributed by atoms with Gasteiger partial charge in [-0.15, -0.1) is 0 Å². The van der Waals surface area contributed by atoms with E-state index in [2.05, 4.69) is 52.6 Å². The first-order chi connectivity index (χ1) is 12.7. The van der Waals surface area contributed by atoms with Gasteiger partial charge in [0.25, 0.3) is 0 Å². The summed E-state index contributed by atoms with van der Waals surface area (Å²) in [7, 11) is 1.94. The van der Waals surface area contributed by atoms with E-state index in [-0.39, 0.29) is 6.10 Å². The summed E-state index contributed by atoms with van der Waals surface area (Å²) < 4.78 is 7.79. The summed E-state index contributed by atoms with van der Waals surface area (Å²) in [6.07, 6.45) is 5.14. The summed E-state index contributed by atoms with van der Waals surface area (Å²) in [5, 5.41) is 7.96. The van der Waals surface area contributed by atoms with Crippen LogP contribution >= 0.6 is 0 Å². The van der Waals surface area contributed by atoms with Gasteiger partial charge in [-0.25, -0.2) is 0 Å². The maximum Gasteiger partial charge on any atom is 0.194 e. The van der Waals surface area contributed by atoms with Crippen LogP contribution in [0.4, 0.5) is 0 Å². The number of rotatable bonds is 4. The quantitative estimate of drug-likeness (QED) is 0.677. The second-order valence-corrected chi connectivity index (χ2v) is 7.05. The van der Waals surface area contributed by atoms with Crippen LogP contribution in [0.25, 0.3) is 0 Å². The minimum Gasteiger partial charge on any atom is -0.370 e. The molecule has 2 heterocycles. The van der Waals surface area contributed by atoms with Crippen LogP contribution < -0.4 is 5.32 Å². The monoisotopic (exact) mass is 353 g/mol. The molecule has 1 aromatic carbocycles. The maximum absolute atomic E-state index is 5.97. The van der Waals surface area contributed by atoms with Crippen molar-refractivity contribution in [3.8, 4) is 0 Å². The van der Waals surface area contributed by atoms with E-state index in [0.29, 0.717) is 18.6 Å². The molecule has 1 aliphatic carbocycles. The summed E-state index contributed by atoms with van der Waals surface area (Å²) in [6.45, 7) is 5.24. The molecule has 3 unspecified atom stereocenters. The van der Waals surface area contributed by atoms with Crippen LogP contribution in [0.3, 0.4) is 0 Å². The standard InChI is InChI=1S/C20H27N5O/c1-3-21-20(23-18-11-17(18)15-7-5-4-6-8-15)25-9-10-26-19(14-25)16-12-22-24(2)13-16/h4-8,12-13,17-19H,3,9-11,14H2,1-2H3,(H,21,23). The van der Waals surface area contributed by atoms with Crippen molar-refractivity contribution in [1.82, 2.24) is 20.0 Å². The zero-order chi connectivity index (χ0) is 17.9. The first-order valence-electron chi connectivity index (χ1n) is 9.45. The molecule has 6 heteroatoms. The predicted octanol–water partition coefficient (Wildman–Crippen LogP) is 2.32. The van der Waals surface area contributed by atoms with Crippen LogP contribution in [0.5, 0.6) is 0 Å². The number of benzene rings is 1. The normalized spacial score (nSPS) is 26.0. The van der Waals surface area contributed by atoms with Gasteiger partial charge in [-0.05, 0) is 18.9 Å². The molecule has 1 N–H and O–H groups in total. The van der Waals surface area contributed by atoms with Gasteiger partial charge in [0.15, 0.2) is 5.96 Å². The molecule has 138 valence electrons. The number of aryl methyl sites for hydroxylation is 1. The number of hydrogen-bond donors (Lipinski definition) is 1. The Morgan fingerprint density at radius 3 is 2.88 bits per heavy atom. The summed E-state index contributed by atoms with van der Waals surface area (Å²) in [6, 6.07) is 11.2. The Kier molecular flexibility index (Phi) is 4.93. The Morgan fingerprint density at radius 2 is 2.15 bits per heavy atom. The Labute approximate surface area is 154 Å². The summed E-state index contributed by atoms with van der Waals surface area (Å²) in [5.41, 5.74) is 2.54. The molecule has 1 aromatic heterocycles. The van der Waals surface area contributed by atoms with Crippen molar-refractivity contribution in [2.45, 2.75) is 31.4 Å². The van der Waals surface area contributed by atoms with Crippen LogP contribution in [0, 0.1) is 0 Å². The highest BCUT2D eigenvalue weighted by molar-refractivity contribution is 5.81. The SMILES string of the molecule is CCN=C(NC1CC1c1ccccc1)N1CCOC(c2cnn(C)c2)C1. The topological polar surface area (TPSA) is 54.7 Å². The van der Waals surface area contributed by atoms with Gasteiger partial charge in [0.1, 0.15) is 6.10 Å². The molecule has 0 radical (unpaired) electrons. The van der Waals surface area contributed by atoms with Gasteiger partial charge in [-0.3, -0.25) is 9.67 Å². The number of aromatic nitrogens is 2. The highest BCUT2D eigenvalue weighted by Gasteiger charge is 2.40. The third-order valence-corrected chi connectivity index (χ3v) is 5.10. The lowest BCUT2D eigenvalue weighted by atomic mass is 10.1. The highest BCUT2D eigenvalue weighted by atomic mass is 16.5. The number of ether oxygens (including phenoxy) is 1. The van der Waals surface area contributed by atoms with Crippen molar-refractivity contribution >= 4 is 5.96 Å². The first-order valence-corrected chi connectivity index (χ1v) is 9.45. The van der Waals surface area contributed by atoms with Gasteiger partial charge in [0.2, 0.25) is 0 Å². The summed E-state index contributed by atoms with van der Waals surface area (Å²) >= 11 is 0. The molecule has 0 bridgehead atoms. The molecule has 2 aromatic rings. The molecule has 6 nitrogen and oxygen atoms in total. The predicted molar refractivity (Wildman–Crippen MR) is 102 cm³/mol. The fraction of sp³-hybridized carbons (Fsp3) is 0.500. The molecule has 1 saturated heterocycles. The van der Waals surface area contributed by atoms with Gasteiger partial charge >= 0.3 is 0 Å². The van der Waals surface area contributed by atoms with Gasteiger partial charge in [0.05, 0.1) is 19.3 Å². The molecular formula is C20H27N5O. The largest absolute Gasteiger partial charge is 0.370 e. The molecule has 2 fully saturated rings. The van der Waals surface area contributed by atoms with Crippen molar-refractivity contribution in [3.63, 3.8) is 0 Å². The number of nitrogens with one attached hydrogen (secondary N) is 1. The van der Waals surface area contributed by atoms with E-state index in [9.17, 15) is 0 Å². The maximum atomic E-state index is 5.97. The zero-order valence-corrected chi connectivity index (χ0v) is 15.5. The highest BCUT2D eigenvalue weighted by Crippen LogP contribution is 2.40. The lowest BCUT2D eigenvalue weighted by molar-refractivity contribution is -0.00810. The van der Waals surface area contributed by atoms with Crippen molar-refractivity contribution in [1.29, 1.82) is 0 Å². The molecule has 0 spiro atoms. The number of morpholine rings is 1. The number of aliphatic imine (C=N–C) groups is 1. The van der Waals surface area contributed by atoms with E-state index in [1.807, 2.05) is 24.1 Å². The Balaban J connectivity index is 1.41. The lowest BCUT2D eigenvalue weighted by Gasteiger charge is -2.35. The van der Waals surface area contributed by atoms with E-state index >= 15 is 0 Å². The average molecular weight is 353 g/mol. The van der Waals surface area contributed by atoms with E-state index in [1.165, 1.54) is 12.0 Å². The second kappa shape index (κ2) is 7.50. The first kappa shape index (κ1) is 17.1. The number of hydrogen-bond acceptors (Lipinski definition) is 3. The molecule has 0 amide bonds.